The molecule has 3 heteroatoms. The Morgan fingerprint density at radius 1 is 1.11 bits per heavy atom. The average Bonchev–Trinajstić information content (AvgIpc) is 3.05. The van der Waals surface area contributed by atoms with Crippen LogP contribution in [0.2, 0.25) is 5.02 Å². The van der Waals surface area contributed by atoms with Crippen molar-refractivity contribution in [2.45, 2.75) is 50.5 Å². The number of carbonyl (C=O) groups is 1. The van der Waals surface area contributed by atoms with Gasteiger partial charge in [0, 0.05) is 11.1 Å². The molecule has 3 rings (SSSR count). The Morgan fingerprint density at radius 2 is 1.74 bits per heavy atom. The van der Waals surface area contributed by atoms with Gasteiger partial charge in [-0.15, -0.1) is 0 Å². The van der Waals surface area contributed by atoms with Gasteiger partial charge in [0.2, 0.25) is 5.91 Å². The van der Waals surface area contributed by atoms with Crippen LogP contribution < -0.4 is 5.32 Å². The molecule has 2 fully saturated rings. The molecule has 1 aromatic rings. The first-order valence-electron chi connectivity index (χ1n) is 7.30. The third-order valence-corrected chi connectivity index (χ3v) is 4.56. The molecule has 2 saturated carbocycles. The molecule has 1 atom stereocenters. The lowest BCUT2D eigenvalue weighted by atomic mass is 9.84. The van der Waals surface area contributed by atoms with E-state index < -0.39 is 0 Å². The van der Waals surface area contributed by atoms with Crippen LogP contribution in [-0.4, -0.2) is 11.9 Å². The third kappa shape index (κ3) is 3.11. The molecule has 2 aliphatic carbocycles. The number of halogens is 1. The SMILES string of the molecule is O=C(NC1CC1)C(c1ccc(Cl)cc1)C1CCCC1. The smallest absolute Gasteiger partial charge is 0.228 e. The van der Waals surface area contributed by atoms with E-state index in [1.54, 1.807) is 0 Å². The number of hydrogen-bond donors (Lipinski definition) is 1. The quantitative estimate of drug-likeness (QED) is 0.889. The van der Waals surface area contributed by atoms with E-state index in [1.165, 1.54) is 25.7 Å². The fraction of sp³-hybridized carbons (Fsp3) is 0.562. The lowest BCUT2D eigenvalue weighted by Crippen LogP contribution is -2.34. The number of amides is 1. The minimum atomic E-state index is 0.0142. The summed E-state index contributed by atoms with van der Waals surface area (Å²) in [6.45, 7) is 0. The zero-order valence-electron chi connectivity index (χ0n) is 11.1. The first kappa shape index (κ1) is 13.0. The van der Waals surface area contributed by atoms with E-state index in [0.29, 0.717) is 12.0 Å². The van der Waals surface area contributed by atoms with Crippen LogP contribution in [0.25, 0.3) is 0 Å². The summed E-state index contributed by atoms with van der Waals surface area (Å²) in [5, 5.41) is 3.90. The van der Waals surface area contributed by atoms with Crippen molar-refractivity contribution in [2.75, 3.05) is 0 Å². The van der Waals surface area contributed by atoms with Gasteiger partial charge < -0.3 is 5.32 Å². The van der Waals surface area contributed by atoms with E-state index in [2.05, 4.69) is 5.32 Å². The molecular weight excluding hydrogens is 258 g/mol. The number of carbonyl (C=O) groups excluding carboxylic acids is 1. The molecule has 2 aliphatic rings. The van der Waals surface area contributed by atoms with E-state index in [0.717, 1.165) is 23.4 Å². The fourth-order valence-electron chi connectivity index (χ4n) is 3.12. The van der Waals surface area contributed by atoms with E-state index >= 15 is 0 Å². The maximum Gasteiger partial charge on any atom is 0.228 e. The van der Waals surface area contributed by atoms with Gasteiger partial charge in [-0.3, -0.25) is 4.79 Å². The van der Waals surface area contributed by atoms with Gasteiger partial charge in [0.15, 0.2) is 0 Å². The van der Waals surface area contributed by atoms with Crippen LogP contribution in [0.3, 0.4) is 0 Å². The highest BCUT2D eigenvalue weighted by molar-refractivity contribution is 6.30. The number of hydrogen-bond acceptors (Lipinski definition) is 1. The molecule has 0 radical (unpaired) electrons. The lowest BCUT2D eigenvalue weighted by Gasteiger charge is -2.23. The Morgan fingerprint density at radius 3 is 2.32 bits per heavy atom. The van der Waals surface area contributed by atoms with Crippen LogP contribution >= 0.6 is 11.6 Å². The van der Waals surface area contributed by atoms with Crippen molar-refractivity contribution in [2.24, 2.45) is 5.92 Å². The number of nitrogens with one attached hydrogen (secondary N) is 1. The summed E-state index contributed by atoms with van der Waals surface area (Å²) in [5.74, 6) is 0.733. The second-order valence-corrected chi connectivity index (χ2v) is 6.29. The molecule has 1 unspecified atom stereocenters. The van der Waals surface area contributed by atoms with Crippen LogP contribution in [0, 0.1) is 5.92 Å². The van der Waals surface area contributed by atoms with Gasteiger partial charge in [-0.25, -0.2) is 0 Å². The molecule has 2 nitrogen and oxygen atoms in total. The predicted molar refractivity (Wildman–Crippen MR) is 77.3 cm³/mol. The average molecular weight is 278 g/mol. The van der Waals surface area contributed by atoms with Crippen molar-refractivity contribution in [1.29, 1.82) is 0 Å². The zero-order valence-corrected chi connectivity index (χ0v) is 11.8. The van der Waals surface area contributed by atoms with Crippen molar-refractivity contribution in [3.05, 3.63) is 34.9 Å². The van der Waals surface area contributed by atoms with Gasteiger partial charge in [-0.05, 0) is 49.3 Å². The van der Waals surface area contributed by atoms with Crippen LogP contribution in [0.15, 0.2) is 24.3 Å². The predicted octanol–water partition coefficient (Wildman–Crippen LogP) is 3.89. The normalized spacial score (nSPS) is 21.3. The van der Waals surface area contributed by atoms with Crippen LogP contribution in [-0.2, 0) is 4.79 Å². The molecule has 0 bridgehead atoms. The minimum absolute atomic E-state index is 0.0142. The van der Waals surface area contributed by atoms with Crippen molar-refractivity contribution >= 4 is 17.5 Å². The van der Waals surface area contributed by atoms with E-state index in [1.807, 2.05) is 24.3 Å². The lowest BCUT2D eigenvalue weighted by molar-refractivity contribution is -0.123. The summed E-state index contributed by atoms with van der Waals surface area (Å²) in [5.41, 5.74) is 1.12. The zero-order chi connectivity index (χ0) is 13.2. The van der Waals surface area contributed by atoms with Crippen molar-refractivity contribution in [3.8, 4) is 0 Å². The van der Waals surface area contributed by atoms with E-state index in [-0.39, 0.29) is 11.8 Å². The third-order valence-electron chi connectivity index (χ3n) is 4.31. The molecule has 1 N–H and O–H groups in total. The highest BCUT2D eigenvalue weighted by Gasteiger charge is 2.34. The van der Waals surface area contributed by atoms with Gasteiger partial charge in [0.05, 0.1) is 5.92 Å². The highest BCUT2D eigenvalue weighted by Crippen LogP contribution is 2.38. The molecule has 1 aromatic carbocycles. The second-order valence-electron chi connectivity index (χ2n) is 5.86. The molecule has 0 aliphatic heterocycles. The Balaban J connectivity index is 1.81. The molecule has 1 amide bonds. The molecule has 0 heterocycles. The maximum atomic E-state index is 12.5. The first-order chi connectivity index (χ1) is 9.24. The molecule has 0 aromatic heterocycles. The van der Waals surface area contributed by atoms with Crippen molar-refractivity contribution in [1.82, 2.24) is 5.32 Å². The summed E-state index contributed by atoms with van der Waals surface area (Å²) in [6.07, 6.45) is 7.14. The second kappa shape index (κ2) is 5.54. The van der Waals surface area contributed by atoms with Gasteiger partial charge >= 0.3 is 0 Å². The summed E-state index contributed by atoms with van der Waals surface area (Å²) in [6, 6.07) is 8.24. The molecule has 0 spiro atoms. The van der Waals surface area contributed by atoms with Crippen molar-refractivity contribution < 1.29 is 4.79 Å². The Hall–Kier alpha value is -1.02. The summed E-state index contributed by atoms with van der Waals surface area (Å²) < 4.78 is 0. The summed E-state index contributed by atoms with van der Waals surface area (Å²) >= 11 is 5.95. The van der Waals surface area contributed by atoms with Crippen LogP contribution in [0.4, 0.5) is 0 Å². The number of benzene rings is 1. The van der Waals surface area contributed by atoms with E-state index in [9.17, 15) is 4.79 Å². The highest BCUT2D eigenvalue weighted by atomic mass is 35.5. The first-order valence-corrected chi connectivity index (χ1v) is 7.67. The monoisotopic (exact) mass is 277 g/mol. The topological polar surface area (TPSA) is 29.1 Å². The Labute approximate surface area is 119 Å². The summed E-state index contributed by atoms with van der Waals surface area (Å²) in [4.78, 5) is 12.5. The molecule has 19 heavy (non-hydrogen) atoms. The van der Waals surface area contributed by atoms with Gasteiger partial charge in [0.1, 0.15) is 0 Å². The maximum absolute atomic E-state index is 12.5. The summed E-state index contributed by atoms with van der Waals surface area (Å²) in [7, 11) is 0. The molecule has 102 valence electrons. The van der Waals surface area contributed by atoms with E-state index in [4.69, 9.17) is 11.6 Å². The van der Waals surface area contributed by atoms with Crippen LogP contribution in [0.1, 0.15) is 50.0 Å². The number of rotatable bonds is 4. The van der Waals surface area contributed by atoms with Gasteiger partial charge in [-0.2, -0.15) is 0 Å². The standard InChI is InChI=1S/C16H20ClNO/c17-13-7-5-12(6-8-13)15(11-3-1-2-4-11)16(19)18-14-9-10-14/h5-8,11,14-15H,1-4,9-10H2,(H,18,19). The van der Waals surface area contributed by atoms with Crippen molar-refractivity contribution in [3.63, 3.8) is 0 Å². The van der Waals surface area contributed by atoms with Gasteiger partial charge in [0.25, 0.3) is 0 Å². The largest absolute Gasteiger partial charge is 0.353 e. The van der Waals surface area contributed by atoms with Gasteiger partial charge in [-0.1, -0.05) is 36.6 Å². The Kier molecular flexibility index (Phi) is 3.79. The Bertz CT molecular complexity index is 446. The molecule has 0 saturated heterocycles. The minimum Gasteiger partial charge on any atom is -0.353 e. The fourth-order valence-corrected chi connectivity index (χ4v) is 3.24. The van der Waals surface area contributed by atoms with Crippen LogP contribution in [0.5, 0.6) is 0 Å². The molecular formula is C16H20ClNO.